The number of hydrogen-bond acceptors (Lipinski definition) is 6. The second-order valence-electron chi connectivity index (χ2n) is 13.3. The molecule has 0 atom stereocenters. The zero-order chi connectivity index (χ0) is 33.1. The Balaban J connectivity index is 3.51. The van der Waals surface area contributed by atoms with Crippen molar-refractivity contribution >= 4 is 49.9 Å². The van der Waals surface area contributed by atoms with Gasteiger partial charge in [0.05, 0.1) is 0 Å². The summed E-state index contributed by atoms with van der Waals surface area (Å²) < 4.78 is 8.08. The minimum Gasteiger partial charge on any atom is -0.0654 e. The summed E-state index contributed by atoms with van der Waals surface area (Å²) in [7, 11) is 0. The number of ether oxygens (including phenoxy) is 2. The predicted molar refractivity (Wildman–Crippen MR) is 188 cm³/mol. The fourth-order valence-corrected chi connectivity index (χ4v) is 6.92. The molecule has 0 aromatic heterocycles. The average Bonchev–Trinajstić information content (AvgIpc) is 3.00. The molecule has 0 N–H and O–H groups in total. The van der Waals surface area contributed by atoms with Gasteiger partial charge in [-0.1, -0.05) is 104 Å². The molecule has 0 unspecified atom stereocenters. The molecule has 0 aliphatic rings. The summed E-state index contributed by atoms with van der Waals surface area (Å²) in [6.45, 7) is 4.52. The summed E-state index contributed by atoms with van der Waals surface area (Å²) in [6.07, 6.45) is 37.8. The minimum absolute atomic E-state index is 0.194. The van der Waals surface area contributed by atoms with E-state index in [0.29, 0.717) is 12.8 Å². The molecule has 0 spiro atoms. The van der Waals surface area contributed by atoms with E-state index in [1.54, 1.807) is 0 Å². The first-order valence-electron chi connectivity index (χ1n) is 19.5. The Morgan fingerprint density at radius 2 is 0.533 bits per heavy atom. The van der Waals surface area contributed by atoms with E-state index in [-0.39, 0.29) is 12.8 Å². The van der Waals surface area contributed by atoms with Crippen molar-refractivity contribution in [3.8, 4) is 0 Å². The zero-order valence-corrected chi connectivity index (χ0v) is 32.0. The minimum atomic E-state index is -2.59. The third-order valence-corrected chi connectivity index (χ3v) is 10.1. The first kappa shape index (κ1) is 44.5. The Kier molecular flexibility index (Phi) is 36.0. The predicted octanol–water partition coefficient (Wildman–Crippen LogP) is 12.5. The van der Waals surface area contributed by atoms with Crippen molar-refractivity contribution in [3.63, 3.8) is 0 Å². The quantitative estimate of drug-likeness (QED) is 0.0295. The molecule has 0 saturated carbocycles. The van der Waals surface area contributed by atoms with Gasteiger partial charge in [-0.3, -0.25) is 0 Å². The van der Waals surface area contributed by atoms with Gasteiger partial charge in [-0.2, -0.15) is 0 Å². The number of carbonyl (C=O) groups excluding carboxylic acids is 4. The van der Waals surface area contributed by atoms with E-state index >= 15 is 0 Å². The van der Waals surface area contributed by atoms with Crippen molar-refractivity contribution in [1.82, 2.24) is 0 Å². The molecule has 0 aromatic rings. The summed E-state index contributed by atoms with van der Waals surface area (Å²) in [6, 6.07) is 0. The molecule has 0 aromatic carbocycles. The molecule has 0 bridgehead atoms. The first-order chi connectivity index (χ1) is 22.0. The third kappa shape index (κ3) is 36.2. The summed E-state index contributed by atoms with van der Waals surface area (Å²) in [5.74, 6) is -1.14. The molecular formula is C38H70CaO6. The maximum absolute atomic E-state index is 11.9. The molecule has 0 aliphatic heterocycles. The van der Waals surface area contributed by atoms with Crippen molar-refractivity contribution in [1.29, 1.82) is 0 Å². The van der Waals surface area contributed by atoms with Crippen LogP contribution in [0.4, 0.5) is 9.59 Å². The van der Waals surface area contributed by atoms with Gasteiger partial charge in [0.25, 0.3) is 0 Å². The molecule has 0 saturated heterocycles. The van der Waals surface area contributed by atoms with Gasteiger partial charge in [-0.05, 0) is 0 Å². The van der Waals surface area contributed by atoms with Crippen LogP contribution in [0.15, 0.2) is 0 Å². The SMILES string of the molecule is CCCCCCCCCCCCCCCCCC(=O)O[C](=O)[Ca][C](=O)OC(=O)CCCCCCCCCCCCCCCCC. The van der Waals surface area contributed by atoms with Crippen LogP contribution < -0.4 is 0 Å². The molecule has 45 heavy (non-hydrogen) atoms. The van der Waals surface area contributed by atoms with Crippen LogP contribution in [0.25, 0.3) is 0 Å². The molecule has 0 heterocycles. The van der Waals surface area contributed by atoms with Crippen molar-refractivity contribution in [2.45, 2.75) is 219 Å². The number of rotatable bonds is 34. The van der Waals surface area contributed by atoms with Crippen LogP contribution in [-0.2, 0) is 19.1 Å². The van der Waals surface area contributed by atoms with Crippen LogP contribution >= 0.6 is 0 Å². The van der Waals surface area contributed by atoms with Crippen LogP contribution in [0, 0.1) is 0 Å². The average molecular weight is 663 g/mol. The van der Waals surface area contributed by atoms with Crippen LogP contribution in [0.5, 0.6) is 0 Å². The molecular weight excluding hydrogens is 592 g/mol. The van der Waals surface area contributed by atoms with Crippen molar-refractivity contribution in [2.24, 2.45) is 0 Å². The fourth-order valence-electron chi connectivity index (χ4n) is 5.83. The van der Waals surface area contributed by atoms with Gasteiger partial charge >= 0.3 is 194 Å². The van der Waals surface area contributed by atoms with E-state index in [1.807, 2.05) is 0 Å². The van der Waals surface area contributed by atoms with E-state index in [4.69, 9.17) is 9.47 Å². The van der Waals surface area contributed by atoms with Gasteiger partial charge in [-0.15, -0.1) is 0 Å². The molecule has 0 fully saturated rings. The van der Waals surface area contributed by atoms with E-state index in [2.05, 4.69) is 13.8 Å². The second-order valence-corrected chi connectivity index (χ2v) is 15.6. The van der Waals surface area contributed by atoms with Crippen molar-refractivity contribution in [3.05, 3.63) is 0 Å². The van der Waals surface area contributed by atoms with Crippen molar-refractivity contribution < 1.29 is 28.7 Å². The zero-order valence-electron chi connectivity index (χ0n) is 29.8. The molecule has 7 heteroatoms. The molecule has 0 radical (unpaired) electrons. The van der Waals surface area contributed by atoms with Crippen LogP contribution in [0.3, 0.4) is 0 Å². The van der Waals surface area contributed by atoms with Crippen molar-refractivity contribution in [2.75, 3.05) is 0 Å². The van der Waals surface area contributed by atoms with Crippen LogP contribution in [0.1, 0.15) is 219 Å². The topological polar surface area (TPSA) is 86.7 Å². The van der Waals surface area contributed by atoms with Gasteiger partial charge in [0.15, 0.2) is 0 Å². The maximum atomic E-state index is 11.9. The number of carbonyl (C=O) groups is 4. The molecule has 260 valence electrons. The summed E-state index contributed by atoms with van der Waals surface area (Å²) in [4.78, 5) is 47.7. The van der Waals surface area contributed by atoms with Crippen LogP contribution in [-0.4, -0.2) is 49.9 Å². The summed E-state index contributed by atoms with van der Waals surface area (Å²) >= 11 is -2.59. The van der Waals surface area contributed by atoms with Gasteiger partial charge in [0.2, 0.25) is 0 Å². The Morgan fingerprint density at radius 3 is 0.756 bits per heavy atom. The van der Waals surface area contributed by atoms with Gasteiger partial charge in [0.1, 0.15) is 0 Å². The van der Waals surface area contributed by atoms with E-state index in [1.165, 1.54) is 154 Å². The van der Waals surface area contributed by atoms with E-state index in [9.17, 15) is 19.2 Å². The summed E-state index contributed by atoms with van der Waals surface area (Å²) in [5, 5.41) is 0. The Labute approximate surface area is 296 Å². The molecule has 0 amide bonds. The molecule has 0 aliphatic carbocycles. The second kappa shape index (κ2) is 36.4. The van der Waals surface area contributed by atoms with Crippen LogP contribution in [0.2, 0.25) is 0 Å². The third-order valence-electron chi connectivity index (χ3n) is 8.71. The normalized spacial score (nSPS) is 10.9. The number of esters is 2. The monoisotopic (exact) mass is 662 g/mol. The molecule has 6 nitrogen and oxygen atoms in total. The van der Waals surface area contributed by atoms with Gasteiger partial charge in [-0.25, -0.2) is 0 Å². The van der Waals surface area contributed by atoms with E-state index in [0.717, 1.165) is 25.7 Å². The van der Waals surface area contributed by atoms with Gasteiger partial charge < -0.3 is 0 Å². The Hall–Kier alpha value is -0.460. The fraction of sp³-hybridized carbons (Fsp3) is 0.895. The number of unbranched alkanes of at least 4 members (excludes halogenated alkanes) is 28. The standard InChI is InChI=1S/2C19H35O3.Ca/c2*1-2-3-4-5-6-7-8-9-10-11-12-13-14-15-16-17-19(21)22-18-20;/h2*2-17H2,1H3;. The smallest absolute Gasteiger partial charge is 0.0654 e. The molecule has 0 rings (SSSR count). The van der Waals surface area contributed by atoms with Gasteiger partial charge in [0, 0.05) is 0 Å². The summed E-state index contributed by atoms with van der Waals surface area (Å²) in [5.41, 5.74) is 0. The van der Waals surface area contributed by atoms with E-state index < -0.39 is 49.9 Å². The Bertz CT molecular complexity index is 652. The first-order valence-corrected chi connectivity index (χ1v) is 21.7. The Morgan fingerprint density at radius 1 is 0.333 bits per heavy atom. The number of hydrogen-bond donors (Lipinski definition) is 0.